The Hall–Kier alpha value is -0.930. The highest BCUT2D eigenvalue weighted by Crippen LogP contribution is 2.19. The van der Waals surface area contributed by atoms with Crippen LogP contribution in [0.5, 0.6) is 0 Å². The second kappa shape index (κ2) is 9.91. The van der Waals surface area contributed by atoms with Crippen LogP contribution in [0.4, 0.5) is 4.39 Å². The van der Waals surface area contributed by atoms with Crippen LogP contribution >= 0.6 is 0 Å². The van der Waals surface area contributed by atoms with E-state index < -0.39 is 0 Å². The zero-order valence-corrected chi connectivity index (χ0v) is 14.0. The summed E-state index contributed by atoms with van der Waals surface area (Å²) < 4.78 is 13.4. The van der Waals surface area contributed by atoms with Crippen molar-refractivity contribution in [3.63, 3.8) is 0 Å². The van der Waals surface area contributed by atoms with Crippen LogP contribution in [0.1, 0.15) is 58.1 Å². The molecule has 0 bridgehead atoms. The number of benzene rings is 1. The predicted octanol–water partition coefficient (Wildman–Crippen LogP) is 4.38. The summed E-state index contributed by atoms with van der Waals surface area (Å²) in [4.78, 5) is 2.43. The van der Waals surface area contributed by atoms with Crippen molar-refractivity contribution in [1.82, 2.24) is 10.2 Å². The molecular formula is C18H31FN2. The van der Waals surface area contributed by atoms with Gasteiger partial charge in [-0.15, -0.1) is 0 Å². The molecule has 0 fully saturated rings. The average molecular weight is 294 g/mol. The highest BCUT2D eigenvalue weighted by molar-refractivity contribution is 5.20. The van der Waals surface area contributed by atoms with Crippen molar-refractivity contribution in [2.45, 2.75) is 58.5 Å². The van der Waals surface area contributed by atoms with E-state index in [1.807, 2.05) is 6.07 Å². The second-order valence-electron chi connectivity index (χ2n) is 5.80. The molecule has 0 aliphatic heterocycles. The first-order chi connectivity index (χ1) is 10.1. The fourth-order valence-corrected chi connectivity index (χ4v) is 2.86. The van der Waals surface area contributed by atoms with Crippen LogP contribution < -0.4 is 5.32 Å². The molecule has 1 aromatic rings. The maximum Gasteiger partial charge on any atom is 0.123 e. The van der Waals surface area contributed by atoms with Gasteiger partial charge in [0.1, 0.15) is 5.82 Å². The van der Waals surface area contributed by atoms with Crippen LogP contribution in [-0.2, 0) is 0 Å². The number of hydrogen-bond donors (Lipinski definition) is 1. The second-order valence-corrected chi connectivity index (χ2v) is 5.80. The van der Waals surface area contributed by atoms with Crippen molar-refractivity contribution >= 4 is 0 Å². The van der Waals surface area contributed by atoms with Crippen LogP contribution in [0.3, 0.4) is 0 Å². The number of nitrogens with one attached hydrogen (secondary N) is 1. The van der Waals surface area contributed by atoms with Gasteiger partial charge in [0.2, 0.25) is 0 Å². The standard InChI is InChI=1S/C18H31FN2/c1-5-12-20-18(15-9-8-10-16(19)14-15)11-13-21(4)17(6-2)7-3/h8-10,14,17-18,20H,5-7,11-13H2,1-4H3. The molecular weight excluding hydrogens is 263 g/mol. The van der Waals surface area contributed by atoms with Crippen molar-refractivity contribution in [3.05, 3.63) is 35.6 Å². The monoisotopic (exact) mass is 294 g/mol. The minimum Gasteiger partial charge on any atom is -0.310 e. The summed E-state index contributed by atoms with van der Waals surface area (Å²) in [5.41, 5.74) is 1.06. The Morgan fingerprint density at radius 1 is 1.19 bits per heavy atom. The summed E-state index contributed by atoms with van der Waals surface area (Å²) in [7, 11) is 2.19. The topological polar surface area (TPSA) is 15.3 Å². The first-order valence-corrected chi connectivity index (χ1v) is 8.31. The van der Waals surface area contributed by atoms with E-state index in [9.17, 15) is 4.39 Å². The molecule has 0 aliphatic carbocycles. The third-order valence-corrected chi connectivity index (χ3v) is 4.23. The molecule has 0 heterocycles. The number of nitrogens with zero attached hydrogens (tertiary/aromatic N) is 1. The normalized spacial score (nSPS) is 13.1. The molecule has 3 heteroatoms. The SMILES string of the molecule is CCCNC(CCN(C)C(CC)CC)c1cccc(F)c1. The van der Waals surface area contributed by atoms with Gasteiger partial charge in [0.25, 0.3) is 0 Å². The largest absolute Gasteiger partial charge is 0.310 e. The Morgan fingerprint density at radius 3 is 2.48 bits per heavy atom. The maximum absolute atomic E-state index is 13.4. The molecule has 0 amide bonds. The smallest absolute Gasteiger partial charge is 0.123 e. The zero-order chi connectivity index (χ0) is 15.7. The highest BCUT2D eigenvalue weighted by Gasteiger charge is 2.15. The van der Waals surface area contributed by atoms with E-state index in [-0.39, 0.29) is 11.9 Å². The van der Waals surface area contributed by atoms with Gasteiger partial charge in [0, 0.05) is 12.1 Å². The molecule has 1 atom stereocenters. The van der Waals surface area contributed by atoms with Gasteiger partial charge in [-0.1, -0.05) is 32.9 Å². The predicted molar refractivity (Wildman–Crippen MR) is 89.1 cm³/mol. The van der Waals surface area contributed by atoms with E-state index in [2.05, 4.69) is 38.0 Å². The molecule has 0 saturated carbocycles. The van der Waals surface area contributed by atoms with Gasteiger partial charge in [-0.25, -0.2) is 4.39 Å². The lowest BCUT2D eigenvalue weighted by atomic mass is 10.0. The molecule has 0 radical (unpaired) electrons. The maximum atomic E-state index is 13.4. The summed E-state index contributed by atoms with van der Waals surface area (Å²) in [5.74, 6) is -0.149. The van der Waals surface area contributed by atoms with Gasteiger partial charge in [-0.3, -0.25) is 0 Å². The van der Waals surface area contributed by atoms with Crippen molar-refractivity contribution in [1.29, 1.82) is 0 Å². The molecule has 0 saturated heterocycles. The summed E-state index contributed by atoms with van der Waals surface area (Å²) in [5, 5.41) is 3.55. The van der Waals surface area contributed by atoms with Gasteiger partial charge in [0.15, 0.2) is 0 Å². The molecule has 1 N–H and O–H groups in total. The Balaban J connectivity index is 2.66. The van der Waals surface area contributed by atoms with E-state index in [1.54, 1.807) is 12.1 Å². The van der Waals surface area contributed by atoms with Gasteiger partial charge in [0.05, 0.1) is 0 Å². The highest BCUT2D eigenvalue weighted by atomic mass is 19.1. The lowest BCUT2D eigenvalue weighted by Gasteiger charge is -2.28. The summed E-state index contributed by atoms with van der Waals surface area (Å²) in [6, 6.07) is 7.87. The molecule has 21 heavy (non-hydrogen) atoms. The molecule has 1 aromatic carbocycles. The van der Waals surface area contributed by atoms with Crippen molar-refractivity contribution < 1.29 is 4.39 Å². The molecule has 1 rings (SSSR count). The van der Waals surface area contributed by atoms with Crippen LogP contribution in [-0.4, -0.2) is 31.1 Å². The van der Waals surface area contributed by atoms with E-state index in [4.69, 9.17) is 0 Å². The van der Waals surface area contributed by atoms with E-state index in [1.165, 1.54) is 18.9 Å². The van der Waals surface area contributed by atoms with Crippen LogP contribution in [0, 0.1) is 5.82 Å². The van der Waals surface area contributed by atoms with Crippen LogP contribution in [0.15, 0.2) is 24.3 Å². The van der Waals surface area contributed by atoms with Crippen molar-refractivity contribution in [3.8, 4) is 0 Å². The van der Waals surface area contributed by atoms with Crippen molar-refractivity contribution in [2.75, 3.05) is 20.1 Å². The Labute approximate surface area is 129 Å². The fourth-order valence-electron chi connectivity index (χ4n) is 2.86. The number of rotatable bonds is 10. The minimum atomic E-state index is -0.149. The van der Waals surface area contributed by atoms with Crippen molar-refractivity contribution in [2.24, 2.45) is 0 Å². The van der Waals surface area contributed by atoms with Gasteiger partial charge < -0.3 is 10.2 Å². The third kappa shape index (κ3) is 6.15. The lowest BCUT2D eigenvalue weighted by Crippen LogP contribution is -2.34. The molecule has 120 valence electrons. The van der Waals surface area contributed by atoms with Crippen LogP contribution in [0.2, 0.25) is 0 Å². The van der Waals surface area contributed by atoms with Gasteiger partial charge >= 0.3 is 0 Å². The number of halogens is 1. The van der Waals surface area contributed by atoms with Crippen LogP contribution in [0.25, 0.3) is 0 Å². The molecule has 2 nitrogen and oxygen atoms in total. The average Bonchev–Trinajstić information content (AvgIpc) is 2.48. The quantitative estimate of drug-likeness (QED) is 0.689. The van der Waals surface area contributed by atoms with E-state index in [0.29, 0.717) is 6.04 Å². The molecule has 0 spiro atoms. The zero-order valence-electron chi connectivity index (χ0n) is 14.0. The van der Waals surface area contributed by atoms with E-state index in [0.717, 1.165) is 31.5 Å². The first-order valence-electron chi connectivity index (χ1n) is 8.31. The van der Waals surface area contributed by atoms with Gasteiger partial charge in [-0.2, -0.15) is 0 Å². The molecule has 1 unspecified atom stereocenters. The molecule has 0 aliphatic rings. The first kappa shape index (κ1) is 18.1. The fraction of sp³-hybridized carbons (Fsp3) is 0.667. The summed E-state index contributed by atoms with van der Waals surface area (Å²) >= 11 is 0. The summed E-state index contributed by atoms with van der Waals surface area (Å²) in [6.45, 7) is 8.64. The summed E-state index contributed by atoms with van der Waals surface area (Å²) in [6.07, 6.45) is 4.46. The third-order valence-electron chi connectivity index (χ3n) is 4.23. The minimum absolute atomic E-state index is 0.149. The Morgan fingerprint density at radius 2 is 1.90 bits per heavy atom. The number of hydrogen-bond acceptors (Lipinski definition) is 2. The lowest BCUT2D eigenvalue weighted by molar-refractivity contribution is 0.217. The molecule has 0 aromatic heterocycles. The Kier molecular flexibility index (Phi) is 8.55. The van der Waals surface area contributed by atoms with E-state index >= 15 is 0 Å². The van der Waals surface area contributed by atoms with Gasteiger partial charge in [-0.05, 0) is 63.5 Å². The Bertz CT molecular complexity index is 391.